The van der Waals surface area contributed by atoms with Crippen molar-refractivity contribution in [3.63, 3.8) is 0 Å². The number of aliphatic carboxylic acids is 1. The van der Waals surface area contributed by atoms with E-state index in [1.54, 1.807) is 23.1 Å². The monoisotopic (exact) mass is 288 g/mol. The van der Waals surface area contributed by atoms with Crippen molar-refractivity contribution < 1.29 is 14.7 Å². The van der Waals surface area contributed by atoms with Gasteiger partial charge in [-0.1, -0.05) is 12.1 Å². The van der Waals surface area contributed by atoms with Crippen molar-refractivity contribution in [2.24, 2.45) is 5.41 Å². The van der Waals surface area contributed by atoms with Gasteiger partial charge in [0, 0.05) is 18.8 Å². The Hall–Kier alpha value is -2.17. The summed E-state index contributed by atoms with van der Waals surface area (Å²) in [4.78, 5) is 30.0. The highest BCUT2D eigenvalue weighted by Crippen LogP contribution is 2.34. The summed E-state index contributed by atoms with van der Waals surface area (Å²) in [6.45, 7) is 6.25. The molecule has 0 bridgehead atoms. The Morgan fingerprint density at radius 1 is 1.52 bits per heavy atom. The van der Waals surface area contributed by atoms with Crippen LogP contribution >= 0.6 is 0 Å². The van der Waals surface area contributed by atoms with Gasteiger partial charge in [-0.3, -0.25) is 9.59 Å². The Morgan fingerprint density at radius 2 is 2.29 bits per heavy atom. The third-order valence-corrected chi connectivity index (χ3v) is 3.96. The lowest BCUT2D eigenvalue weighted by molar-refractivity contribution is -0.151. The van der Waals surface area contributed by atoms with Crippen LogP contribution in [0.1, 0.15) is 35.4 Å². The average molecular weight is 288 g/mol. The van der Waals surface area contributed by atoms with Gasteiger partial charge in [-0.15, -0.1) is 6.58 Å². The number of pyridine rings is 1. The molecule has 1 fully saturated rings. The van der Waals surface area contributed by atoms with Crippen LogP contribution in [0, 0.1) is 12.3 Å². The van der Waals surface area contributed by atoms with E-state index in [9.17, 15) is 14.7 Å². The maximum absolute atomic E-state index is 12.5. The molecular formula is C16H20N2O3. The van der Waals surface area contributed by atoms with Crippen LogP contribution in [-0.2, 0) is 4.79 Å². The number of aryl methyl sites for hydroxylation is 1. The van der Waals surface area contributed by atoms with E-state index in [2.05, 4.69) is 11.6 Å². The molecule has 1 saturated heterocycles. The van der Waals surface area contributed by atoms with Gasteiger partial charge in [-0.2, -0.15) is 0 Å². The minimum Gasteiger partial charge on any atom is -0.481 e. The third-order valence-electron chi connectivity index (χ3n) is 3.96. The molecule has 1 N–H and O–H groups in total. The molecule has 0 aromatic carbocycles. The number of carboxylic acids is 1. The van der Waals surface area contributed by atoms with Crippen molar-refractivity contribution in [3.05, 3.63) is 42.2 Å². The van der Waals surface area contributed by atoms with Gasteiger partial charge in [0.15, 0.2) is 0 Å². The number of aromatic nitrogens is 1. The minimum absolute atomic E-state index is 0.201. The first-order chi connectivity index (χ1) is 9.98. The largest absolute Gasteiger partial charge is 0.481 e. The number of carboxylic acid groups (broad SMARTS) is 1. The minimum atomic E-state index is -0.917. The molecule has 1 aliphatic heterocycles. The molecule has 0 aliphatic carbocycles. The highest BCUT2D eigenvalue weighted by molar-refractivity contribution is 5.93. The van der Waals surface area contributed by atoms with Gasteiger partial charge < -0.3 is 10.0 Å². The zero-order chi connectivity index (χ0) is 15.5. The van der Waals surface area contributed by atoms with E-state index in [0.717, 1.165) is 5.69 Å². The van der Waals surface area contributed by atoms with Crippen LogP contribution in [0.25, 0.3) is 0 Å². The fourth-order valence-corrected chi connectivity index (χ4v) is 2.83. The van der Waals surface area contributed by atoms with Gasteiger partial charge in [0.1, 0.15) is 5.69 Å². The Balaban J connectivity index is 2.22. The summed E-state index contributed by atoms with van der Waals surface area (Å²) >= 11 is 0. The predicted molar refractivity (Wildman–Crippen MR) is 79.0 cm³/mol. The number of carbonyl (C=O) groups is 2. The second kappa shape index (κ2) is 6.08. The maximum atomic E-state index is 12.5. The molecule has 0 unspecified atom stereocenters. The highest BCUT2D eigenvalue weighted by Gasteiger charge is 2.42. The van der Waals surface area contributed by atoms with Crippen LogP contribution in [0.4, 0.5) is 0 Å². The molecule has 0 radical (unpaired) electrons. The molecule has 0 saturated carbocycles. The maximum Gasteiger partial charge on any atom is 0.311 e. The normalized spacial score (nSPS) is 21.9. The number of carbonyl (C=O) groups excluding carboxylic acids is 1. The number of nitrogens with zero attached hydrogens (tertiary/aromatic N) is 2. The van der Waals surface area contributed by atoms with Crippen LogP contribution in [0.2, 0.25) is 0 Å². The Kier molecular flexibility index (Phi) is 4.40. The van der Waals surface area contributed by atoms with E-state index in [1.807, 2.05) is 13.0 Å². The van der Waals surface area contributed by atoms with E-state index in [1.165, 1.54) is 0 Å². The van der Waals surface area contributed by atoms with Gasteiger partial charge in [0.05, 0.1) is 5.41 Å². The second-order valence-corrected chi connectivity index (χ2v) is 5.57. The van der Waals surface area contributed by atoms with Crippen LogP contribution in [0.3, 0.4) is 0 Å². The summed E-state index contributed by atoms with van der Waals surface area (Å²) in [7, 11) is 0. The van der Waals surface area contributed by atoms with E-state index in [4.69, 9.17) is 0 Å². The van der Waals surface area contributed by atoms with Crippen LogP contribution in [0.5, 0.6) is 0 Å². The summed E-state index contributed by atoms with van der Waals surface area (Å²) in [5, 5.41) is 9.53. The molecule has 2 heterocycles. The number of allylic oxidation sites excluding steroid dienone is 1. The van der Waals surface area contributed by atoms with Gasteiger partial charge in [-0.05, 0) is 38.3 Å². The molecule has 112 valence electrons. The number of rotatable bonds is 4. The first kappa shape index (κ1) is 15.2. The molecule has 21 heavy (non-hydrogen) atoms. The van der Waals surface area contributed by atoms with Crippen molar-refractivity contribution >= 4 is 11.9 Å². The fourth-order valence-electron chi connectivity index (χ4n) is 2.83. The molecular weight excluding hydrogens is 268 g/mol. The lowest BCUT2D eigenvalue weighted by Crippen LogP contribution is -2.49. The first-order valence-corrected chi connectivity index (χ1v) is 7.06. The van der Waals surface area contributed by atoms with Crippen molar-refractivity contribution in [2.75, 3.05) is 13.1 Å². The van der Waals surface area contributed by atoms with E-state index in [0.29, 0.717) is 31.5 Å². The number of amides is 1. The van der Waals surface area contributed by atoms with Crippen molar-refractivity contribution in [3.8, 4) is 0 Å². The Labute approximate surface area is 124 Å². The number of piperidine rings is 1. The molecule has 1 aliphatic rings. The lowest BCUT2D eigenvalue weighted by Gasteiger charge is -2.39. The van der Waals surface area contributed by atoms with Gasteiger partial charge in [0.2, 0.25) is 0 Å². The molecule has 5 nitrogen and oxygen atoms in total. The summed E-state index contributed by atoms with van der Waals surface area (Å²) in [5.41, 5.74) is 0.225. The van der Waals surface area contributed by atoms with Gasteiger partial charge >= 0.3 is 5.97 Å². The Morgan fingerprint density at radius 3 is 2.90 bits per heavy atom. The van der Waals surface area contributed by atoms with Crippen molar-refractivity contribution in [1.82, 2.24) is 9.88 Å². The zero-order valence-electron chi connectivity index (χ0n) is 12.2. The number of hydrogen-bond acceptors (Lipinski definition) is 3. The molecule has 5 heteroatoms. The third kappa shape index (κ3) is 3.12. The molecule has 0 spiro atoms. The predicted octanol–water partition coefficient (Wildman–Crippen LogP) is 2.27. The zero-order valence-corrected chi connectivity index (χ0v) is 12.2. The first-order valence-electron chi connectivity index (χ1n) is 7.06. The summed E-state index contributed by atoms with van der Waals surface area (Å²) in [6, 6.07) is 5.28. The second-order valence-electron chi connectivity index (χ2n) is 5.57. The van der Waals surface area contributed by atoms with Crippen LogP contribution in [-0.4, -0.2) is 40.0 Å². The average Bonchev–Trinajstić information content (AvgIpc) is 2.47. The Bertz CT molecular complexity index is 570. The van der Waals surface area contributed by atoms with Crippen molar-refractivity contribution in [1.29, 1.82) is 0 Å². The van der Waals surface area contributed by atoms with E-state index < -0.39 is 11.4 Å². The van der Waals surface area contributed by atoms with Crippen LogP contribution in [0.15, 0.2) is 30.9 Å². The smallest absolute Gasteiger partial charge is 0.311 e. The fraction of sp³-hybridized carbons (Fsp3) is 0.438. The topological polar surface area (TPSA) is 70.5 Å². The van der Waals surface area contributed by atoms with Gasteiger partial charge in [-0.25, -0.2) is 4.98 Å². The quantitative estimate of drug-likeness (QED) is 0.863. The highest BCUT2D eigenvalue weighted by atomic mass is 16.4. The number of likely N-dealkylation sites (tertiary alicyclic amines) is 1. The SMILES string of the molecule is C=CC[C@@]1(C(=O)O)CCCN(C(=O)c2cccc(C)n2)C1. The summed E-state index contributed by atoms with van der Waals surface area (Å²) in [5.74, 6) is -1.06. The molecule has 1 amide bonds. The molecule has 1 aromatic rings. The standard InChI is InChI=1S/C16H20N2O3/c1-3-8-16(15(20)21)9-5-10-18(11-16)14(19)13-7-4-6-12(2)17-13/h3-4,6-7H,1,5,8-11H2,2H3,(H,20,21)/t16-/m1/s1. The number of hydrogen-bond donors (Lipinski definition) is 1. The summed E-state index contributed by atoms with van der Waals surface area (Å²) < 4.78 is 0. The van der Waals surface area contributed by atoms with Crippen molar-refractivity contribution in [2.45, 2.75) is 26.2 Å². The van der Waals surface area contributed by atoms with E-state index >= 15 is 0 Å². The lowest BCUT2D eigenvalue weighted by atomic mass is 9.77. The van der Waals surface area contributed by atoms with E-state index in [-0.39, 0.29) is 12.5 Å². The molecule has 2 rings (SSSR count). The van der Waals surface area contributed by atoms with Crippen LogP contribution < -0.4 is 0 Å². The summed E-state index contributed by atoms with van der Waals surface area (Å²) in [6.07, 6.45) is 3.23. The van der Waals surface area contributed by atoms with Gasteiger partial charge in [0.25, 0.3) is 5.91 Å². The molecule has 1 aromatic heterocycles. The molecule has 1 atom stereocenters.